The smallest absolute Gasteiger partial charge is 0.160 e. The standard InChI is InChI=1S/C16H30O10/c17-7-11-15(21)9(19)5-13(25-11)23-3-1-2-4-24-14-6-10(20)16(22)12(8-18)26-14/h9-22H,1-8H2/t9-,10-,11-,12-,13+,14+,15-,16-/m1/s1. The third-order valence-electron chi connectivity index (χ3n) is 4.58. The number of hydrogen-bond donors (Lipinski definition) is 6. The van der Waals surface area contributed by atoms with Gasteiger partial charge in [-0.25, -0.2) is 0 Å². The van der Waals surface area contributed by atoms with Gasteiger partial charge in [0.15, 0.2) is 12.6 Å². The normalized spacial score (nSPS) is 41.3. The lowest BCUT2D eigenvalue weighted by Crippen LogP contribution is -2.50. The molecular formula is C16H30O10. The maximum Gasteiger partial charge on any atom is 0.160 e. The Morgan fingerprint density at radius 2 is 1.08 bits per heavy atom. The summed E-state index contributed by atoms with van der Waals surface area (Å²) in [5.41, 5.74) is 0. The summed E-state index contributed by atoms with van der Waals surface area (Å²) in [6, 6.07) is 0. The van der Waals surface area contributed by atoms with Gasteiger partial charge in [0.2, 0.25) is 0 Å². The summed E-state index contributed by atoms with van der Waals surface area (Å²) < 4.78 is 21.7. The molecule has 0 unspecified atom stereocenters. The van der Waals surface area contributed by atoms with E-state index in [1.54, 1.807) is 0 Å². The Bertz CT molecular complexity index is 361. The van der Waals surface area contributed by atoms with Crippen molar-refractivity contribution in [1.82, 2.24) is 0 Å². The second kappa shape index (κ2) is 10.8. The maximum atomic E-state index is 9.71. The number of hydrogen-bond acceptors (Lipinski definition) is 10. The highest BCUT2D eigenvalue weighted by Crippen LogP contribution is 2.22. The highest BCUT2D eigenvalue weighted by molar-refractivity contribution is 4.83. The molecule has 0 aromatic carbocycles. The van der Waals surface area contributed by atoms with Crippen LogP contribution in [0.25, 0.3) is 0 Å². The minimum Gasteiger partial charge on any atom is -0.394 e. The molecule has 0 aromatic heterocycles. The van der Waals surface area contributed by atoms with Crippen LogP contribution in [0.1, 0.15) is 25.7 Å². The number of unbranched alkanes of at least 4 members (excludes halogenated alkanes) is 1. The predicted octanol–water partition coefficient (Wildman–Crippen LogP) is -2.54. The molecule has 2 saturated heterocycles. The molecule has 6 N–H and O–H groups in total. The molecule has 154 valence electrons. The van der Waals surface area contributed by atoms with E-state index >= 15 is 0 Å². The number of aliphatic hydroxyl groups excluding tert-OH is 6. The van der Waals surface area contributed by atoms with E-state index in [2.05, 4.69) is 0 Å². The second-order valence-electron chi connectivity index (χ2n) is 6.61. The lowest BCUT2D eigenvalue weighted by atomic mass is 10.0. The van der Waals surface area contributed by atoms with E-state index in [0.29, 0.717) is 26.1 Å². The van der Waals surface area contributed by atoms with E-state index in [9.17, 15) is 20.4 Å². The highest BCUT2D eigenvalue weighted by Gasteiger charge is 2.37. The molecule has 26 heavy (non-hydrogen) atoms. The molecule has 0 spiro atoms. The Morgan fingerprint density at radius 1 is 0.692 bits per heavy atom. The zero-order chi connectivity index (χ0) is 19.1. The summed E-state index contributed by atoms with van der Waals surface area (Å²) in [7, 11) is 0. The first-order valence-electron chi connectivity index (χ1n) is 8.94. The molecule has 0 aliphatic carbocycles. The molecule has 2 rings (SSSR count). The first kappa shape index (κ1) is 21.9. The zero-order valence-electron chi connectivity index (χ0n) is 14.6. The molecule has 10 nitrogen and oxygen atoms in total. The topological polar surface area (TPSA) is 158 Å². The van der Waals surface area contributed by atoms with E-state index in [0.717, 1.165) is 0 Å². The molecule has 10 heteroatoms. The third-order valence-corrected chi connectivity index (χ3v) is 4.58. The molecule has 2 aliphatic rings. The number of aliphatic hydroxyl groups is 6. The fraction of sp³-hybridized carbons (Fsp3) is 1.00. The lowest BCUT2D eigenvalue weighted by molar-refractivity contribution is -0.260. The summed E-state index contributed by atoms with van der Waals surface area (Å²) in [5.74, 6) is 0. The molecular weight excluding hydrogens is 352 g/mol. The van der Waals surface area contributed by atoms with E-state index in [-0.39, 0.29) is 12.8 Å². The number of rotatable bonds is 9. The van der Waals surface area contributed by atoms with Crippen LogP contribution in [0.2, 0.25) is 0 Å². The fourth-order valence-electron chi connectivity index (χ4n) is 2.98. The van der Waals surface area contributed by atoms with E-state index in [1.165, 1.54) is 0 Å². The van der Waals surface area contributed by atoms with Gasteiger partial charge < -0.3 is 49.6 Å². The SMILES string of the molecule is OC[C@H]1O[C@H](OCCCCO[C@@H]2C[C@@H](O)[C@@H](O)[C@@H](CO)O2)C[C@@H](O)[C@H]1O. The molecule has 2 fully saturated rings. The van der Waals surface area contributed by atoms with Crippen LogP contribution in [-0.2, 0) is 18.9 Å². The van der Waals surface area contributed by atoms with Gasteiger partial charge in [0, 0.05) is 26.1 Å². The number of ether oxygens (including phenoxy) is 4. The van der Waals surface area contributed by atoms with Crippen molar-refractivity contribution in [2.75, 3.05) is 26.4 Å². The quantitative estimate of drug-likeness (QED) is 0.235. The van der Waals surface area contributed by atoms with Crippen molar-refractivity contribution in [1.29, 1.82) is 0 Å². The van der Waals surface area contributed by atoms with Gasteiger partial charge in [-0.2, -0.15) is 0 Å². The Balaban J connectivity index is 1.57. The van der Waals surface area contributed by atoms with Gasteiger partial charge in [0.25, 0.3) is 0 Å². The molecule has 0 radical (unpaired) electrons. The van der Waals surface area contributed by atoms with Crippen LogP contribution >= 0.6 is 0 Å². The Labute approximate surface area is 151 Å². The Morgan fingerprint density at radius 3 is 1.42 bits per heavy atom. The van der Waals surface area contributed by atoms with Gasteiger partial charge in [0.1, 0.15) is 24.4 Å². The van der Waals surface area contributed by atoms with Crippen LogP contribution in [0, 0.1) is 0 Å². The zero-order valence-corrected chi connectivity index (χ0v) is 14.6. The highest BCUT2D eigenvalue weighted by atomic mass is 16.7. The molecule has 0 amide bonds. The van der Waals surface area contributed by atoms with Crippen LogP contribution in [0.5, 0.6) is 0 Å². The van der Waals surface area contributed by atoms with E-state index < -0.39 is 62.4 Å². The van der Waals surface area contributed by atoms with Gasteiger partial charge in [0.05, 0.1) is 25.4 Å². The average molecular weight is 382 g/mol. The fourth-order valence-corrected chi connectivity index (χ4v) is 2.98. The molecule has 0 aromatic rings. The summed E-state index contributed by atoms with van der Waals surface area (Å²) in [5, 5.41) is 56.9. The lowest BCUT2D eigenvalue weighted by Gasteiger charge is -2.36. The van der Waals surface area contributed by atoms with Gasteiger partial charge in [-0.15, -0.1) is 0 Å². The summed E-state index contributed by atoms with van der Waals surface area (Å²) in [6.45, 7) is -0.104. The van der Waals surface area contributed by atoms with Crippen molar-refractivity contribution >= 4 is 0 Å². The van der Waals surface area contributed by atoms with Crippen molar-refractivity contribution < 1.29 is 49.6 Å². The minimum absolute atomic E-state index is 0.132. The van der Waals surface area contributed by atoms with Gasteiger partial charge in [-0.05, 0) is 12.8 Å². The second-order valence-corrected chi connectivity index (χ2v) is 6.61. The first-order valence-corrected chi connectivity index (χ1v) is 8.94. The third kappa shape index (κ3) is 6.06. The monoisotopic (exact) mass is 382 g/mol. The van der Waals surface area contributed by atoms with Crippen molar-refractivity contribution in [2.24, 2.45) is 0 Å². The summed E-state index contributed by atoms with van der Waals surface area (Å²) >= 11 is 0. The van der Waals surface area contributed by atoms with Crippen molar-refractivity contribution in [3.63, 3.8) is 0 Å². The Hall–Kier alpha value is -0.400. The van der Waals surface area contributed by atoms with E-state index in [1.807, 2.05) is 0 Å². The minimum atomic E-state index is -1.12. The van der Waals surface area contributed by atoms with Crippen LogP contribution in [-0.4, -0.2) is 106 Å². The average Bonchev–Trinajstić information content (AvgIpc) is 2.63. The van der Waals surface area contributed by atoms with Gasteiger partial charge >= 0.3 is 0 Å². The van der Waals surface area contributed by atoms with Crippen LogP contribution in [0.15, 0.2) is 0 Å². The van der Waals surface area contributed by atoms with Gasteiger partial charge in [-0.1, -0.05) is 0 Å². The first-order chi connectivity index (χ1) is 12.5. The van der Waals surface area contributed by atoms with Crippen molar-refractivity contribution in [3.8, 4) is 0 Å². The van der Waals surface area contributed by atoms with E-state index in [4.69, 9.17) is 29.2 Å². The predicted molar refractivity (Wildman–Crippen MR) is 85.9 cm³/mol. The maximum absolute atomic E-state index is 9.71. The van der Waals surface area contributed by atoms with Crippen molar-refractivity contribution in [2.45, 2.75) is 74.9 Å². The summed E-state index contributed by atoms with van der Waals surface area (Å²) in [6.07, 6.45) is -5.80. The van der Waals surface area contributed by atoms with Crippen LogP contribution in [0.4, 0.5) is 0 Å². The van der Waals surface area contributed by atoms with Crippen LogP contribution in [0.3, 0.4) is 0 Å². The molecule has 8 atom stereocenters. The van der Waals surface area contributed by atoms with Gasteiger partial charge in [-0.3, -0.25) is 0 Å². The molecule has 0 bridgehead atoms. The molecule has 2 aliphatic heterocycles. The van der Waals surface area contributed by atoms with Crippen LogP contribution < -0.4 is 0 Å². The largest absolute Gasteiger partial charge is 0.394 e. The Kier molecular flexibility index (Phi) is 9.10. The molecule has 0 saturated carbocycles. The summed E-state index contributed by atoms with van der Waals surface area (Å²) in [4.78, 5) is 0. The van der Waals surface area contributed by atoms with Crippen molar-refractivity contribution in [3.05, 3.63) is 0 Å². The molecule has 2 heterocycles.